The Morgan fingerprint density at radius 1 is 0.903 bits per heavy atom. The van der Waals surface area contributed by atoms with Gasteiger partial charge in [0.25, 0.3) is 0 Å². The maximum absolute atomic E-state index is 13.6. The number of carbonyl (C=O) groups excluding carboxylic acids is 1. The van der Waals surface area contributed by atoms with Gasteiger partial charge in [0.15, 0.2) is 6.29 Å². The SMILES string of the molecule is C=CC1CCC(CSC2NNC3N(CC4CCCCC4)C(=O)C4CCCCC4N23)CC1. The van der Waals surface area contributed by atoms with E-state index in [4.69, 9.17) is 0 Å². The Morgan fingerprint density at radius 3 is 2.42 bits per heavy atom. The van der Waals surface area contributed by atoms with Crippen molar-refractivity contribution in [1.82, 2.24) is 20.7 Å². The van der Waals surface area contributed by atoms with E-state index in [1.54, 1.807) is 0 Å². The Kier molecular flexibility index (Phi) is 7.28. The molecule has 0 aromatic rings. The zero-order chi connectivity index (χ0) is 21.2. The maximum Gasteiger partial charge on any atom is 0.229 e. The topological polar surface area (TPSA) is 47.6 Å². The first-order chi connectivity index (χ1) is 15.2. The van der Waals surface area contributed by atoms with Crippen molar-refractivity contribution in [3.05, 3.63) is 12.7 Å². The highest BCUT2D eigenvalue weighted by Crippen LogP contribution is 2.41. The third-order valence-electron chi connectivity index (χ3n) is 8.79. The molecule has 0 spiro atoms. The molecule has 0 radical (unpaired) electrons. The molecule has 5 fully saturated rings. The van der Waals surface area contributed by atoms with Gasteiger partial charge in [-0.25, -0.2) is 15.8 Å². The number of amides is 1. The molecule has 0 aromatic carbocycles. The Morgan fingerprint density at radius 2 is 1.65 bits per heavy atom. The van der Waals surface area contributed by atoms with Gasteiger partial charge >= 0.3 is 0 Å². The van der Waals surface area contributed by atoms with Crippen LogP contribution in [0.4, 0.5) is 0 Å². The molecule has 2 aliphatic heterocycles. The molecule has 3 aliphatic carbocycles. The maximum atomic E-state index is 13.6. The van der Waals surface area contributed by atoms with E-state index in [2.05, 4.69) is 45.1 Å². The fourth-order valence-electron chi connectivity index (χ4n) is 6.89. The normalized spacial score (nSPS) is 39.9. The molecule has 4 atom stereocenters. The number of hydrogen-bond donors (Lipinski definition) is 2. The molecule has 5 rings (SSSR count). The summed E-state index contributed by atoms with van der Waals surface area (Å²) in [6.07, 6.45) is 18.9. The Balaban J connectivity index is 1.25. The molecule has 2 saturated heterocycles. The predicted octanol–water partition coefficient (Wildman–Crippen LogP) is 4.67. The number of nitrogens with zero attached hydrogens (tertiary/aromatic N) is 2. The van der Waals surface area contributed by atoms with Crippen molar-refractivity contribution in [2.24, 2.45) is 23.7 Å². The van der Waals surface area contributed by atoms with Gasteiger partial charge in [-0.15, -0.1) is 18.3 Å². The van der Waals surface area contributed by atoms with E-state index in [1.807, 2.05) is 0 Å². The zero-order valence-corrected chi connectivity index (χ0v) is 20.0. The molecule has 0 bridgehead atoms. The first-order valence-corrected chi connectivity index (χ1v) is 14.1. The minimum absolute atomic E-state index is 0.0442. The highest BCUT2D eigenvalue weighted by atomic mass is 32.2. The van der Waals surface area contributed by atoms with Crippen LogP contribution in [0.3, 0.4) is 0 Å². The highest BCUT2D eigenvalue weighted by Gasteiger charge is 2.53. The van der Waals surface area contributed by atoms with Crippen molar-refractivity contribution in [1.29, 1.82) is 0 Å². The first-order valence-electron chi connectivity index (χ1n) is 13.1. The lowest BCUT2D eigenvalue weighted by molar-refractivity contribution is -0.161. The van der Waals surface area contributed by atoms with Gasteiger partial charge in [0.05, 0.1) is 5.92 Å². The fourth-order valence-corrected chi connectivity index (χ4v) is 8.27. The van der Waals surface area contributed by atoms with Crippen molar-refractivity contribution in [2.75, 3.05) is 12.3 Å². The van der Waals surface area contributed by atoms with Gasteiger partial charge in [0, 0.05) is 12.6 Å². The van der Waals surface area contributed by atoms with Gasteiger partial charge in [-0.1, -0.05) is 38.2 Å². The molecule has 2 heterocycles. The van der Waals surface area contributed by atoms with Crippen LogP contribution in [-0.2, 0) is 4.79 Å². The summed E-state index contributed by atoms with van der Waals surface area (Å²) in [6.45, 7) is 4.94. The van der Waals surface area contributed by atoms with Crippen LogP contribution in [0.25, 0.3) is 0 Å². The van der Waals surface area contributed by atoms with Crippen LogP contribution in [0.5, 0.6) is 0 Å². The molecule has 4 unspecified atom stereocenters. The molecule has 174 valence electrons. The molecule has 2 N–H and O–H groups in total. The van der Waals surface area contributed by atoms with Crippen LogP contribution in [0.15, 0.2) is 12.7 Å². The van der Waals surface area contributed by atoms with Crippen LogP contribution in [0.2, 0.25) is 0 Å². The fraction of sp³-hybridized carbons (Fsp3) is 0.880. The number of rotatable bonds is 6. The molecule has 5 aliphatic rings. The summed E-state index contributed by atoms with van der Waals surface area (Å²) in [5, 5.41) is 0. The minimum atomic E-state index is 0.0442. The monoisotopic (exact) mass is 446 g/mol. The second kappa shape index (κ2) is 10.1. The van der Waals surface area contributed by atoms with E-state index in [1.165, 1.54) is 82.8 Å². The molecular weight excluding hydrogens is 404 g/mol. The summed E-state index contributed by atoms with van der Waals surface area (Å²) >= 11 is 2.08. The first kappa shape index (κ1) is 22.2. The molecule has 5 nitrogen and oxygen atoms in total. The number of hydrazine groups is 1. The molecule has 3 saturated carbocycles. The van der Waals surface area contributed by atoms with Crippen LogP contribution < -0.4 is 10.9 Å². The average molecular weight is 447 g/mol. The van der Waals surface area contributed by atoms with E-state index in [0.717, 1.165) is 24.8 Å². The summed E-state index contributed by atoms with van der Waals surface area (Å²) in [5.74, 6) is 4.12. The Labute approximate surface area is 193 Å². The van der Waals surface area contributed by atoms with Gasteiger partial charge in [-0.05, 0) is 74.9 Å². The number of thioether (sulfide) groups is 1. The van der Waals surface area contributed by atoms with E-state index in [9.17, 15) is 4.79 Å². The van der Waals surface area contributed by atoms with E-state index < -0.39 is 0 Å². The summed E-state index contributed by atoms with van der Waals surface area (Å²) < 4.78 is 0. The van der Waals surface area contributed by atoms with Crippen LogP contribution in [-0.4, -0.2) is 45.8 Å². The quantitative estimate of drug-likeness (QED) is 0.581. The van der Waals surface area contributed by atoms with Gasteiger partial charge in [-0.2, -0.15) is 0 Å². The highest BCUT2D eigenvalue weighted by molar-refractivity contribution is 7.99. The number of fused-ring (bicyclic) bond motifs is 3. The van der Waals surface area contributed by atoms with Crippen LogP contribution in [0, 0.1) is 23.7 Å². The van der Waals surface area contributed by atoms with E-state index in [-0.39, 0.29) is 17.7 Å². The number of hydrogen-bond acceptors (Lipinski definition) is 5. The third kappa shape index (κ3) is 4.73. The summed E-state index contributed by atoms with van der Waals surface area (Å²) in [6, 6.07) is 0.408. The molecule has 1 amide bonds. The van der Waals surface area contributed by atoms with E-state index >= 15 is 0 Å². The summed E-state index contributed by atoms with van der Waals surface area (Å²) in [5.41, 5.74) is 7.46. The summed E-state index contributed by atoms with van der Waals surface area (Å²) in [4.78, 5) is 18.5. The second-order valence-electron chi connectivity index (χ2n) is 10.8. The molecular formula is C25H42N4OS. The largest absolute Gasteiger partial charge is 0.312 e. The molecule has 31 heavy (non-hydrogen) atoms. The number of allylic oxidation sites excluding steroid dienone is 1. The number of nitrogens with one attached hydrogen (secondary N) is 2. The van der Waals surface area contributed by atoms with Crippen molar-refractivity contribution < 1.29 is 4.79 Å². The van der Waals surface area contributed by atoms with Crippen LogP contribution in [0.1, 0.15) is 83.5 Å². The standard InChI is InChI=1S/C25H42N4OS/c1-2-18-12-14-20(15-13-18)17-31-25-27-26-24-28(16-19-8-4-3-5-9-19)23(30)21-10-6-7-11-22(21)29(24)25/h2,18-22,24-27H,1,3-17H2. The van der Waals surface area contributed by atoms with Crippen molar-refractivity contribution >= 4 is 17.7 Å². The van der Waals surface area contributed by atoms with Crippen molar-refractivity contribution in [3.63, 3.8) is 0 Å². The zero-order valence-electron chi connectivity index (χ0n) is 19.1. The van der Waals surface area contributed by atoms with Gasteiger partial charge < -0.3 is 4.90 Å². The predicted molar refractivity (Wildman–Crippen MR) is 128 cm³/mol. The lowest BCUT2D eigenvalue weighted by Gasteiger charge is -2.51. The van der Waals surface area contributed by atoms with Gasteiger partial charge in [-0.3, -0.25) is 4.79 Å². The molecule has 0 aromatic heterocycles. The lowest BCUT2D eigenvalue weighted by Crippen LogP contribution is -2.67. The summed E-state index contributed by atoms with van der Waals surface area (Å²) in [7, 11) is 0. The number of carbonyl (C=O) groups is 1. The van der Waals surface area contributed by atoms with Crippen molar-refractivity contribution in [2.45, 2.75) is 101 Å². The van der Waals surface area contributed by atoms with Crippen LogP contribution >= 0.6 is 11.8 Å². The Bertz CT molecular complexity index is 631. The van der Waals surface area contributed by atoms with E-state index in [0.29, 0.717) is 17.9 Å². The van der Waals surface area contributed by atoms with Crippen molar-refractivity contribution in [3.8, 4) is 0 Å². The second-order valence-corrected chi connectivity index (χ2v) is 11.9. The van der Waals surface area contributed by atoms with Gasteiger partial charge in [0.1, 0.15) is 5.50 Å². The average Bonchev–Trinajstić information content (AvgIpc) is 3.25. The smallest absolute Gasteiger partial charge is 0.229 e. The van der Waals surface area contributed by atoms with Gasteiger partial charge in [0.2, 0.25) is 5.91 Å². The Hall–Kier alpha value is -0.560. The third-order valence-corrected chi connectivity index (χ3v) is 10.1. The minimum Gasteiger partial charge on any atom is -0.312 e. The molecule has 6 heteroatoms. The lowest BCUT2D eigenvalue weighted by atomic mass is 9.80.